The fraction of sp³-hybridized carbons (Fsp3) is 0.500. The highest BCUT2D eigenvalue weighted by atomic mass is 35.5. The summed E-state index contributed by atoms with van der Waals surface area (Å²) in [6.45, 7) is 6.18. The average Bonchev–Trinajstić information content (AvgIpc) is 2.65. The van der Waals surface area contributed by atoms with Crippen molar-refractivity contribution in [2.45, 2.75) is 26.9 Å². The lowest BCUT2D eigenvalue weighted by Gasteiger charge is -2.18. The molecule has 0 spiro atoms. The fourth-order valence-corrected chi connectivity index (χ4v) is 1.34. The Balaban J connectivity index is 2.39. The van der Waals surface area contributed by atoms with E-state index in [0.717, 1.165) is 0 Å². The van der Waals surface area contributed by atoms with Gasteiger partial charge >= 0.3 is 0 Å². The first kappa shape index (κ1) is 11.1. The zero-order chi connectivity index (χ0) is 11.7. The molecule has 0 saturated heterocycles. The summed E-state index contributed by atoms with van der Waals surface area (Å²) in [6.07, 6.45) is 1.50. The number of rotatable bonds is 3. The van der Waals surface area contributed by atoms with Gasteiger partial charge in [-0.15, -0.1) is 0 Å². The van der Waals surface area contributed by atoms with Crippen molar-refractivity contribution in [3.8, 4) is 5.88 Å². The molecule has 2 aromatic heterocycles. The van der Waals surface area contributed by atoms with Crippen LogP contribution in [-0.2, 0) is 0 Å². The van der Waals surface area contributed by atoms with Crippen molar-refractivity contribution in [2.75, 3.05) is 0 Å². The summed E-state index contributed by atoms with van der Waals surface area (Å²) in [5.41, 5.74) is 0. The summed E-state index contributed by atoms with van der Waals surface area (Å²) >= 11 is 5.87. The lowest BCUT2D eigenvalue weighted by atomic mass is 10.1. The summed E-state index contributed by atoms with van der Waals surface area (Å²) in [5.74, 6) is 1.41. The Hall–Kier alpha value is -1.36. The number of aromatic nitrogens is 4. The Morgan fingerprint density at radius 1 is 1.38 bits per heavy atom. The molecule has 2 rings (SSSR count). The third kappa shape index (κ3) is 2.09. The van der Waals surface area contributed by atoms with Crippen molar-refractivity contribution in [3.63, 3.8) is 0 Å². The van der Waals surface area contributed by atoms with Gasteiger partial charge in [-0.1, -0.05) is 25.4 Å². The van der Waals surface area contributed by atoms with Gasteiger partial charge in [-0.2, -0.15) is 19.6 Å². The molecule has 1 unspecified atom stereocenters. The van der Waals surface area contributed by atoms with Crippen molar-refractivity contribution in [1.29, 1.82) is 0 Å². The van der Waals surface area contributed by atoms with Crippen LogP contribution >= 0.6 is 11.6 Å². The van der Waals surface area contributed by atoms with E-state index in [4.69, 9.17) is 16.3 Å². The van der Waals surface area contributed by atoms with Gasteiger partial charge in [-0.3, -0.25) is 0 Å². The number of fused-ring (bicyclic) bond motifs is 1. The largest absolute Gasteiger partial charge is 0.474 e. The quantitative estimate of drug-likeness (QED) is 0.772. The van der Waals surface area contributed by atoms with Gasteiger partial charge in [0.2, 0.25) is 5.88 Å². The molecular weight excluding hydrogens is 228 g/mol. The maximum Gasteiger partial charge on any atom is 0.256 e. The van der Waals surface area contributed by atoms with Crippen LogP contribution in [0.1, 0.15) is 20.8 Å². The van der Waals surface area contributed by atoms with Crippen LogP contribution < -0.4 is 4.74 Å². The predicted octanol–water partition coefficient (Wildman–Crippen LogP) is 2.20. The Bertz CT molecular complexity index is 497. The molecule has 0 aliphatic rings. The molecule has 0 saturated carbocycles. The molecule has 0 aliphatic carbocycles. The van der Waals surface area contributed by atoms with Crippen molar-refractivity contribution in [1.82, 2.24) is 19.6 Å². The number of nitrogens with zero attached hydrogens (tertiary/aromatic N) is 4. The smallest absolute Gasteiger partial charge is 0.256 e. The Labute approximate surface area is 98.4 Å². The van der Waals surface area contributed by atoms with E-state index in [0.29, 0.717) is 22.7 Å². The molecule has 0 amide bonds. The molecule has 0 radical (unpaired) electrons. The molecule has 0 aromatic carbocycles. The molecular formula is C10H13ClN4O. The standard InChI is InChI=1S/C10H13ClN4O/c1-6(2)7(3)16-9-4-8(11)14-10-12-5-13-15(9)10/h4-7H,1-3H3. The molecule has 0 aliphatic heterocycles. The minimum absolute atomic E-state index is 0.0749. The lowest BCUT2D eigenvalue weighted by Crippen LogP contribution is -2.20. The lowest BCUT2D eigenvalue weighted by molar-refractivity contribution is 0.159. The molecule has 86 valence electrons. The van der Waals surface area contributed by atoms with Crippen LogP contribution in [0.4, 0.5) is 0 Å². The highest BCUT2D eigenvalue weighted by Gasteiger charge is 2.13. The van der Waals surface area contributed by atoms with Crippen molar-refractivity contribution in [2.24, 2.45) is 5.92 Å². The van der Waals surface area contributed by atoms with Crippen LogP contribution in [0, 0.1) is 5.92 Å². The number of hydrogen-bond donors (Lipinski definition) is 0. The topological polar surface area (TPSA) is 52.3 Å². The van der Waals surface area contributed by atoms with Gasteiger partial charge in [-0.25, -0.2) is 0 Å². The second-order valence-corrected chi connectivity index (χ2v) is 4.34. The van der Waals surface area contributed by atoms with Gasteiger partial charge in [-0.05, 0) is 12.8 Å². The normalized spacial score (nSPS) is 13.3. The van der Waals surface area contributed by atoms with Crippen LogP contribution in [-0.4, -0.2) is 25.7 Å². The van der Waals surface area contributed by atoms with Gasteiger partial charge in [0, 0.05) is 6.07 Å². The van der Waals surface area contributed by atoms with Crippen molar-refractivity contribution < 1.29 is 4.74 Å². The van der Waals surface area contributed by atoms with Gasteiger partial charge < -0.3 is 4.74 Å². The third-order valence-corrected chi connectivity index (χ3v) is 2.63. The zero-order valence-electron chi connectivity index (χ0n) is 9.38. The molecule has 0 N–H and O–H groups in total. The van der Waals surface area contributed by atoms with Crippen LogP contribution in [0.5, 0.6) is 5.88 Å². The number of hydrogen-bond acceptors (Lipinski definition) is 4. The first-order valence-electron chi connectivity index (χ1n) is 5.11. The van der Waals surface area contributed by atoms with Gasteiger partial charge in [0.1, 0.15) is 11.5 Å². The number of ether oxygens (including phenoxy) is 1. The SMILES string of the molecule is CC(C)C(C)Oc1cc(Cl)nc2ncnn12. The van der Waals surface area contributed by atoms with E-state index in [9.17, 15) is 0 Å². The second kappa shape index (κ2) is 4.25. The monoisotopic (exact) mass is 240 g/mol. The van der Waals surface area contributed by atoms with E-state index >= 15 is 0 Å². The minimum Gasteiger partial charge on any atom is -0.474 e. The average molecular weight is 241 g/mol. The summed E-state index contributed by atoms with van der Waals surface area (Å²) < 4.78 is 7.30. The highest BCUT2D eigenvalue weighted by Crippen LogP contribution is 2.19. The Morgan fingerprint density at radius 3 is 2.81 bits per heavy atom. The maximum atomic E-state index is 5.87. The van der Waals surface area contributed by atoms with E-state index in [1.54, 1.807) is 6.07 Å². The van der Waals surface area contributed by atoms with Crippen LogP contribution in [0.25, 0.3) is 5.78 Å². The van der Waals surface area contributed by atoms with Gasteiger partial charge in [0.05, 0.1) is 6.10 Å². The molecule has 0 bridgehead atoms. The minimum atomic E-state index is 0.0749. The Kier molecular flexibility index (Phi) is 2.96. The molecule has 16 heavy (non-hydrogen) atoms. The summed E-state index contributed by atoms with van der Waals surface area (Å²) in [4.78, 5) is 7.99. The first-order valence-corrected chi connectivity index (χ1v) is 5.48. The van der Waals surface area contributed by atoms with Crippen molar-refractivity contribution in [3.05, 3.63) is 17.5 Å². The summed E-state index contributed by atoms with van der Waals surface area (Å²) in [5, 5.41) is 4.38. The second-order valence-electron chi connectivity index (χ2n) is 3.96. The summed E-state index contributed by atoms with van der Waals surface area (Å²) in [6, 6.07) is 1.64. The van der Waals surface area contributed by atoms with Gasteiger partial charge in [0.25, 0.3) is 5.78 Å². The van der Waals surface area contributed by atoms with Crippen LogP contribution in [0.2, 0.25) is 5.15 Å². The molecule has 2 heterocycles. The van der Waals surface area contributed by atoms with Gasteiger partial charge in [0.15, 0.2) is 0 Å². The van der Waals surface area contributed by atoms with E-state index < -0.39 is 0 Å². The first-order chi connectivity index (χ1) is 7.58. The Morgan fingerprint density at radius 2 is 2.12 bits per heavy atom. The molecule has 0 fully saturated rings. The number of halogens is 1. The molecule has 2 aromatic rings. The van der Waals surface area contributed by atoms with E-state index in [1.165, 1.54) is 10.8 Å². The fourth-order valence-electron chi connectivity index (χ4n) is 1.17. The third-order valence-electron chi connectivity index (χ3n) is 2.43. The molecule has 1 atom stereocenters. The van der Waals surface area contributed by atoms with E-state index in [1.807, 2.05) is 6.92 Å². The van der Waals surface area contributed by atoms with E-state index in [-0.39, 0.29) is 6.10 Å². The highest BCUT2D eigenvalue weighted by molar-refractivity contribution is 6.29. The van der Waals surface area contributed by atoms with Crippen LogP contribution in [0.3, 0.4) is 0 Å². The van der Waals surface area contributed by atoms with Crippen molar-refractivity contribution >= 4 is 17.4 Å². The maximum absolute atomic E-state index is 5.87. The molecule has 5 nitrogen and oxygen atoms in total. The zero-order valence-corrected chi connectivity index (χ0v) is 10.1. The van der Waals surface area contributed by atoms with E-state index in [2.05, 4.69) is 28.9 Å². The van der Waals surface area contributed by atoms with Crippen LogP contribution in [0.15, 0.2) is 12.4 Å². The molecule has 6 heteroatoms. The summed E-state index contributed by atoms with van der Waals surface area (Å²) in [7, 11) is 0. The predicted molar refractivity (Wildman–Crippen MR) is 60.7 cm³/mol.